The highest BCUT2D eigenvalue weighted by Gasteiger charge is 2.36. The summed E-state index contributed by atoms with van der Waals surface area (Å²) in [4.78, 5) is 12.1. The van der Waals surface area contributed by atoms with Crippen LogP contribution in [0.2, 0.25) is 0 Å². The second kappa shape index (κ2) is 7.88. The molecule has 0 saturated heterocycles. The summed E-state index contributed by atoms with van der Waals surface area (Å²) in [5.74, 6) is -0.159. The highest BCUT2D eigenvalue weighted by molar-refractivity contribution is 5.86. The van der Waals surface area contributed by atoms with Gasteiger partial charge in [0.2, 0.25) is 5.91 Å². The molecule has 2 rings (SSSR count). The van der Waals surface area contributed by atoms with E-state index < -0.39 is 18.3 Å². The van der Waals surface area contributed by atoms with Crippen molar-refractivity contribution < 1.29 is 22.7 Å². The first-order chi connectivity index (χ1) is 10.3. The molecular weight excluding hydrogens is 333 g/mol. The minimum Gasteiger partial charge on any atom is -0.484 e. The minimum atomic E-state index is -4.40. The Kier molecular flexibility index (Phi) is 6.70. The Balaban J connectivity index is 0.00000264. The Morgan fingerprint density at radius 1 is 1.26 bits per heavy atom. The van der Waals surface area contributed by atoms with Crippen molar-refractivity contribution in [1.82, 2.24) is 5.32 Å². The van der Waals surface area contributed by atoms with Crippen LogP contribution in [0.5, 0.6) is 5.75 Å². The fourth-order valence-corrected chi connectivity index (χ4v) is 2.53. The van der Waals surface area contributed by atoms with Gasteiger partial charge in [-0.2, -0.15) is 13.2 Å². The van der Waals surface area contributed by atoms with Gasteiger partial charge in [-0.15, -0.1) is 12.4 Å². The number of hydrogen-bond acceptors (Lipinski definition) is 3. The maximum atomic E-state index is 12.2. The average Bonchev–Trinajstić information content (AvgIpc) is 2.90. The van der Waals surface area contributed by atoms with Gasteiger partial charge in [0.25, 0.3) is 0 Å². The average molecular weight is 353 g/mol. The number of carbonyl (C=O) groups excluding carboxylic acids is 1. The molecule has 0 atom stereocenters. The van der Waals surface area contributed by atoms with Gasteiger partial charge in [-0.1, -0.05) is 31.0 Å². The van der Waals surface area contributed by atoms with Crippen molar-refractivity contribution in [3.63, 3.8) is 0 Å². The second-order valence-electron chi connectivity index (χ2n) is 5.56. The second-order valence-corrected chi connectivity index (χ2v) is 5.56. The lowest BCUT2D eigenvalue weighted by molar-refractivity contribution is -0.153. The zero-order valence-electron chi connectivity index (χ0n) is 12.5. The molecule has 1 aromatic rings. The molecule has 1 aromatic carbocycles. The van der Waals surface area contributed by atoms with Crippen molar-refractivity contribution >= 4 is 18.3 Å². The van der Waals surface area contributed by atoms with Gasteiger partial charge >= 0.3 is 6.18 Å². The molecule has 130 valence electrons. The number of halogens is 4. The van der Waals surface area contributed by atoms with E-state index in [1.165, 1.54) is 6.07 Å². The van der Waals surface area contributed by atoms with Gasteiger partial charge in [0.1, 0.15) is 5.75 Å². The molecule has 3 N–H and O–H groups in total. The van der Waals surface area contributed by atoms with Crippen molar-refractivity contribution in [2.75, 3.05) is 6.61 Å². The smallest absolute Gasteiger partial charge is 0.422 e. The number of hydrogen-bond donors (Lipinski definition) is 2. The monoisotopic (exact) mass is 352 g/mol. The quantitative estimate of drug-likeness (QED) is 0.856. The van der Waals surface area contributed by atoms with Crippen LogP contribution in [-0.4, -0.2) is 24.2 Å². The molecule has 1 aliphatic rings. The van der Waals surface area contributed by atoms with E-state index in [1.54, 1.807) is 18.2 Å². The van der Waals surface area contributed by atoms with Crippen molar-refractivity contribution in [3.05, 3.63) is 29.8 Å². The summed E-state index contributed by atoms with van der Waals surface area (Å²) in [6, 6.07) is 6.32. The maximum Gasteiger partial charge on any atom is 0.422 e. The summed E-state index contributed by atoms with van der Waals surface area (Å²) in [6.07, 6.45) is -1.32. The van der Waals surface area contributed by atoms with Crippen LogP contribution in [0.25, 0.3) is 0 Å². The lowest BCUT2D eigenvalue weighted by atomic mass is 9.98. The van der Waals surface area contributed by atoms with Crippen LogP contribution in [-0.2, 0) is 11.3 Å². The number of benzene rings is 1. The summed E-state index contributed by atoms with van der Waals surface area (Å²) in [7, 11) is 0. The molecule has 0 spiro atoms. The largest absolute Gasteiger partial charge is 0.484 e. The molecule has 0 radical (unpaired) electrons. The fraction of sp³-hybridized carbons (Fsp3) is 0.533. The van der Waals surface area contributed by atoms with E-state index in [9.17, 15) is 18.0 Å². The van der Waals surface area contributed by atoms with Crippen LogP contribution in [0, 0.1) is 0 Å². The molecule has 0 unspecified atom stereocenters. The number of ether oxygens (including phenoxy) is 1. The van der Waals surface area contributed by atoms with Crippen molar-refractivity contribution in [2.24, 2.45) is 5.73 Å². The van der Waals surface area contributed by atoms with Crippen LogP contribution in [0.4, 0.5) is 13.2 Å². The highest BCUT2D eigenvalue weighted by atomic mass is 35.5. The molecule has 1 saturated carbocycles. The number of rotatable bonds is 5. The van der Waals surface area contributed by atoms with Gasteiger partial charge in [0.15, 0.2) is 6.61 Å². The first-order valence-corrected chi connectivity index (χ1v) is 7.15. The molecule has 0 heterocycles. The van der Waals surface area contributed by atoms with Crippen LogP contribution in [0.3, 0.4) is 0 Å². The Hall–Kier alpha value is -1.47. The molecule has 8 heteroatoms. The first kappa shape index (κ1) is 19.6. The lowest BCUT2D eigenvalue weighted by Gasteiger charge is -2.22. The Morgan fingerprint density at radius 2 is 1.87 bits per heavy atom. The molecule has 0 aliphatic heterocycles. The van der Waals surface area contributed by atoms with Gasteiger partial charge in [0, 0.05) is 12.1 Å². The van der Waals surface area contributed by atoms with Gasteiger partial charge < -0.3 is 15.8 Å². The number of nitrogens with one attached hydrogen (secondary N) is 1. The Bertz CT molecular complexity index is 532. The van der Waals surface area contributed by atoms with Gasteiger partial charge in [0.05, 0.1) is 5.54 Å². The normalized spacial score (nSPS) is 16.5. The van der Waals surface area contributed by atoms with Crippen molar-refractivity contribution in [1.29, 1.82) is 0 Å². The third-order valence-corrected chi connectivity index (χ3v) is 3.75. The third kappa shape index (κ3) is 5.58. The van der Waals surface area contributed by atoms with E-state index in [0.29, 0.717) is 18.4 Å². The van der Waals surface area contributed by atoms with E-state index in [2.05, 4.69) is 5.32 Å². The molecular formula is C15H20ClF3N2O2. The SMILES string of the molecule is Cl.NC1(C(=O)NCc2ccccc2OCC(F)(F)F)CCCC1. The van der Waals surface area contributed by atoms with Crippen molar-refractivity contribution in [3.8, 4) is 5.75 Å². The van der Waals surface area contributed by atoms with Crippen LogP contribution in [0.15, 0.2) is 24.3 Å². The number of carbonyl (C=O) groups is 1. The lowest BCUT2D eigenvalue weighted by Crippen LogP contribution is -2.51. The number of nitrogens with two attached hydrogens (primary N) is 1. The van der Waals surface area contributed by atoms with Gasteiger partial charge in [-0.3, -0.25) is 4.79 Å². The summed E-state index contributed by atoms with van der Waals surface area (Å²) < 4.78 is 41.5. The summed E-state index contributed by atoms with van der Waals surface area (Å²) in [5.41, 5.74) is 5.66. The van der Waals surface area contributed by atoms with Gasteiger partial charge in [-0.05, 0) is 18.9 Å². The van der Waals surface area contributed by atoms with Gasteiger partial charge in [-0.25, -0.2) is 0 Å². The first-order valence-electron chi connectivity index (χ1n) is 7.15. The van der Waals surface area contributed by atoms with Crippen LogP contribution >= 0.6 is 12.4 Å². The van der Waals surface area contributed by atoms with E-state index in [0.717, 1.165) is 12.8 Å². The fourth-order valence-electron chi connectivity index (χ4n) is 2.53. The molecule has 4 nitrogen and oxygen atoms in total. The number of amides is 1. The molecule has 1 aliphatic carbocycles. The van der Waals surface area contributed by atoms with Crippen molar-refractivity contribution in [2.45, 2.75) is 43.9 Å². The third-order valence-electron chi connectivity index (χ3n) is 3.75. The molecule has 1 amide bonds. The minimum absolute atomic E-state index is 0. The van der Waals surface area contributed by atoms with E-state index in [-0.39, 0.29) is 30.6 Å². The predicted octanol–water partition coefficient (Wildman–Crippen LogP) is 2.94. The van der Waals surface area contributed by atoms with Crippen LogP contribution in [0.1, 0.15) is 31.2 Å². The number of para-hydroxylation sites is 1. The maximum absolute atomic E-state index is 12.2. The number of alkyl halides is 3. The standard InChI is InChI=1S/C15H19F3N2O2.ClH/c16-15(17,18)10-22-12-6-2-1-5-11(12)9-20-13(21)14(19)7-3-4-8-14;/h1-2,5-6H,3-4,7-10,19H2,(H,20,21);1H. The topological polar surface area (TPSA) is 64.4 Å². The highest BCUT2D eigenvalue weighted by Crippen LogP contribution is 2.28. The van der Waals surface area contributed by atoms with E-state index in [4.69, 9.17) is 10.5 Å². The summed E-state index contributed by atoms with van der Waals surface area (Å²) in [5, 5.41) is 2.69. The van der Waals surface area contributed by atoms with Crippen LogP contribution < -0.4 is 15.8 Å². The molecule has 0 bridgehead atoms. The molecule has 1 fully saturated rings. The predicted molar refractivity (Wildman–Crippen MR) is 82.5 cm³/mol. The molecule has 0 aromatic heterocycles. The Morgan fingerprint density at radius 3 is 2.48 bits per heavy atom. The Labute approximate surface area is 139 Å². The van der Waals surface area contributed by atoms with E-state index >= 15 is 0 Å². The molecule has 23 heavy (non-hydrogen) atoms. The zero-order chi connectivity index (χ0) is 16.2. The zero-order valence-corrected chi connectivity index (χ0v) is 13.3. The summed E-state index contributed by atoms with van der Waals surface area (Å²) >= 11 is 0. The van der Waals surface area contributed by atoms with E-state index in [1.807, 2.05) is 0 Å². The summed E-state index contributed by atoms with van der Waals surface area (Å²) in [6.45, 7) is -1.27.